The molecule has 3 N–H and O–H groups in total. The van der Waals surface area contributed by atoms with Gasteiger partial charge in [-0.05, 0) is 19.3 Å². The van der Waals surface area contributed by atoms with Crippen LogP contribution in [0, 0.1) is 0 Å². The largest absolute Gasteiger partial charge is 0.364 e. The van der Waals surface area contributed by atoms with Crippen LogP contribution in [0.5, 0.6) is 0 Å². The fraction of sp³-hybridized carbons (Fsp3) is 0.929. The molecule has 4 heteroatoms. The van der Waals surface area contributed by atoms with Crippen molar-refractivity contribution in [3.8, 4) is 0 Å². The van der Waals surface area contributed by atoms with Crippen molar-refractivity contribution in [1.29, 1.82) is 0 Å². The summed E-state index contributed by atoms with van der Waals surface area (Å²) in [4.78, 5) is 11.6. The number of unbranched alkanes of at least 4 members (excludes halogenated alkanes) is 1. The van der Waals surface area contributed by atoms with Crippen LogP contribution in [0.4, 0.5) is 0 Å². The van der Waals surface area contributed by atoms with Crippen LogP contribution in [0.25, 0.3) is 0 Å². The quantitative estimate of drug-likeness (QED) is 0.540. The van der Waals surface area contributed by atoms with Crippen molar-refractivity contribution in [1.82, 2.24) is 5.32 Å². The van der Waals surface area contributed by atoms with E-state index in [1.54, 1.807) is 0 Å². The van der Waals surface area contributed by atoms with E-state index in [0.29, 0.717) is 6.54 Å². The lowest BCUT2D eigenvalue weighted by molar-refractivity contribution is -0.133. The molecule has 1 fully saturated rings. The predicted octanol–water partition coefficient (Wildman–Crippen LogP) is 1.97. The summed E-state index contributed by atoms with van der Waals surface area (Å²) in [6, 6.07) is 0. The maximum absolute atomic E-state index is 11.6. The second-order valence-corrected chi connectivity index (χ2v) is 5.29. The Morgan fingerprint density at radius 2 is 1.94 bits per heavy atom. The number of carbonyl (C=O) groups excluding carboxylic acids is 1. The maximum atomic E-state index is 11.6. The molecule has 0 spiro atoms. The first-order valence-corrected chi connectivity index (χ1v) is 7.33. The van der Waals surface area contributed by atoms with E-state index in [2.05, 4.69) is 12.2 Å². The molecule has 4 nitrogen and oxygen atoms in total. The van der Waals surface area contributed by atoms with Crippen molar-refractivity contribution in [2.24, 2.45) is 5.73 Å². The van der Waals surface area contributed by atoms with Crippen LogP contribution in [0.15, 0.2) is 0 Å². The van der Waals surface area contributed by atoms with E-state index >= 15 is 0 Å². The molecular weight excluding hydrogens is 228 g/mol. The molecule has 0 atom stereocenters. The fourth-order valence-electron chi connectivity index (χ4n) is 2.45. The Bertz CT molecular complexity index is 236. The van der Waals surface area contributed by atoms with Crippen molar-refractivity contribution in [3.63, 3.8) is 0 Å². The molecular formula is C14H28N2O2. The number of hydrogen-bond donors (Lipinski definition) is 2. The Kier molecular flexibility index (Phi) is 7.28. The van der Waals surface area contributed by atoms with Crippen molar-refractivity contribution in [3.05, 3.63) is 0 Å². The summed E-state index contributed by atoms with van der Waals surface area (Å²) in [6.45, 7) is 3.53. The van der Waals surface area contributed by atoms with Crippen LogP contribution in [0.3, 0.4) is 0 Å². The minimum atomic E-state index is -0.251. The third kappa shape index (κ3) is 5.36. The summed E-state index contributed by atoms with van der Waals surface area (Å²) in [5.41, 5.74) is 5.61. The molecule has 106 valence electrons. The van der Waals surface area contributed by atoms with Crippen LogP contribution in [-0.2, 0) is 9.53 Å². The predicted molar refractivity (Wildman–Crippen MR) is 73.4 cm³/mol. The van der Waals surface area contributed by atoms with Gasteiger partial charge in [0, 0.05) is 13.1 Å². The molecule has 0 unspecified atom stereocenters. The highest BCUT2D eigenvalue weighted by atomic mass is 16.5. The van der Waals surface area contributed by atoms with Crippen molar-refractivity contribution >= 4 is 5.91 Å². The van der Waals surface area contributed by atoms with Gasteiger partial charge < -0.3 is 15.8 Å². The summed E-state index contributed by atoms with van der Waals surface area (Å²) in [6.07, 6.45) is 8.93. The van der Waals surface area contributed by atoms with E-state index in [4.69, 9.17) is 10.5 Å². The van der Waals surface area contributed by atoms with E-state index in [0.717, 1.165) is 45.1 Å². The Hall–Kier alpha value is -0.610. The number of rotatable bonds is 7. The minimum absolute atomic E-state index is 0.0134. The highest BCUT2D eigenvalue weighted by molar-refractivity contribution is 5.77. The number of nitrogens with two attached hydrogens (primary N) is 1. The second kappa shape index (κ2) is 8.48. The monoisotopic (exact) mass is 256 g/mol. The summed E-state index contributed by atoms with van der Waals surface area (Å²) >= 11 is 0. The molecule has 0 bridgehead atoms. The minimum Gasteiger partial charge on any atom is -0.364 e. The lowest BCUT2D eigenvalue weighted by atomic mass is 9.94. The van der Waals surface area contributed by atoms with Gasteiger partial charge in [0.1, 0.15) is 6.61 Å². The van der Waals surface area contributed by atoms with Gasteiger partial charge in [-0.25, -0.2) is 0 Å². The Morgan fingerprint density at radius 1 is 1.28 bits per heavy atom. The lowest BCUT2D eigenvalue weighted by Gasteiger charge is -2.31. The number of carbonyl (C=O) groups is 1. The molecule has 1 aliphatic carbocycles. The molecule has 0 aromatic carbocycles. The standard InChI is InChI=1S/C14H28N2O2/c1-2-3-10-16-13(17)11-18-14(12-15)8-6-4-5-7-9-14/h2-12,15H2,1H3,(H,16,17). The first-order valence-electron chi connectivity index (χ1n) is 7.33. The molecule has 0 radical (unpaired) electrons. The number of hydrogen-bond acceptors (Lipinski definition) is 3. The average Bonchev–Trinajstić information content (AvgIpc) is 2.63. The van der Waals surface area contributed by atoms with Gasteiger partial charge in [-0.1, -0.05) is 39.0 Å². The highest BCUT2D eigenvalue weighted by Gasteiger charge is 2.30. The number of ether oxygens (including phenoxy) is 1. The highest BCUT2D eigenvalue weighted by Crippen LogP contribution is 2.29. The summed E-state index contributed by atoms with van der Waals surface area (Å²) in [7, 11) is 0. The van der Waals surface area contributed by atoms with E-state index in [-0.39, 0.29) is 18.1 Å². The Balaban J connectivity index is 2.31. The van der Waals surface area contributed by atoms with Gasteiger partial charge in [-0.3, -0.25) is 4.79 Å². The van der Waals surface area contributed by atoms with E-state index in [1.807, 2.05) is 0 Å². The zero-order valence-electron chi connectivity index (χ0n) is 11.7. The van der Waals surface area contributed by atoms with Crippen molar-refractivity contribution in [2.45, 2.75) is 63.9 Å². The molecule has 0 aromatic heterocycles. The van der Waals surface area contributed by atoms with E-state index in [1.165, 1.54) is 12.8 Å². The van der Waals surface area contributed by atoms with Gasteiger partial charge >= 0.3 is 0 Å². The van der Waals surface area contributed by atoms with Gasteiger partial charge in [-0.2, -0.15) is 0 Å². The molecule has 0 heterocycles. The van der Waals surface area contributed by atoms with Gasteiger partial charge in [0.2, 0.25) is 5.91 Å². The second-order valence-electron chi connectivity index (χ2n) is 5.29. The number of amides is 1. The summed E-state index contributed by atoms with van der Waals surface area (Å²) in [5.74, 6) is -0.0134. The smallest absolute Gasteiger partial charge is 0.246 e. The van der Waals surface area contributed by atoms with Crippen LogP contribution in [0.1, 0.15) is 58.3 Å². The molecule has 1 amide bonds. The Morgan fingerprint density at radius 3 is 2.50 bits per heavy atom. The van der Waals surface area contributed by atoms with Crippen LogP contribution in [0.2, 0.25) is 0 Å². The normalized spacial score (nSPS) is 19.2. The average molecular weight is 256 g/mol. The van der Waals surface area contributed by atoms with Gasteiger partial charge in [0.15, 0.2) is 0 Å². The van der Waals surface area contributed by atoms with Crippen molar-refractivity contribution in [2.75, 3.05) is 19.7 Å². The molecule has 0 saturated heterocycles. The SMILES string of the molecule is CCCCNC(=O)COC1(CN)CCCCCC1. The molecule has 0 aliphatic heterocycles. The first kappa shape index (κ1) is 15.4. The molecule has 18 heavy (non-hydrogen) atoms. The van der Waals surface area contributed by atoms with Gasteiger partial charge in [-0.15, -0.1) is 0 Å². The van der Waals surface area contributed by atoms with Crippen LogP contribution >= 0.6 is 0 Å². The zero-order valence-corrected chi connectivity index (χ0v) is 11.7. The Labute approximate surface area is 111 Å². The summed E-state index contributed by atoms with van der Waals surface area (Å²) < 4.78 is 5.86. The molecule has 0 aromatic rings. The summed E-state index contributed by atoms with van der Waals surface area (Å²) in [5, 5.41) is 2.88. The first-order chi connectivity index (χ1) is 8.72. The maximum Gasteiger partial charge on any atom is 0.246 e. The molecule has 1 rings (SSSR count). The van der Waals surface area contributed by atoms with E-state index < -0.39 is 0 Å². The molecule has 1 saturated carbocycles. The van der Waals surface area contributed by atoms with Crippen LogP contribution in [-0.4, -0.2) is 31.2 Å². The third-order valence-electron chi connectivity index (χ3n) is 3.75. The topological polar surface area (TPSA) is 64.3 Å². The third-order valence-corrected chi connectivity index (χ3v) is 3.75. The lowest BCUT2D eigenvalue weighted by Crippen LogP contribution is -2.43. The molecule has 1 aliphatic rings. The fourth-order valence-corrected chi connectivity index (χ4v) is 2.45. The van der Waals surface area contributed by atoms with Crippen LogP contribution < -0.4 is 11.1 Å². The van der Waals surface area contributed by atoms with Crippen molar-refractivity contribution < 1.29 is 9.53 Å². The van der Waals surface area contributed by atoms with Gasteiger partial charge in [0.25, 0.3) is 0 Å². The number of nitrogens with one attached hydrogen (secondary N) is 1. The van der Waals surface area contributed by atoms with E-state index in [9.17, 15) is 4.79 Å². The zero-order chi connectivity index (χ0) is 13.3. The van der Waals surface area contributed by atoms with Gasteiger partial charge in [0.05, 0.1) is 5.60 Å².